The van der Waals surface area contributed by atoms with E-state index >= 15 is 0 Å². The molecule has 1 aliphatic carbocycles. The molecule has 110 valence electrons. The first-order valence-electron chi connectivity index (χ1n) is 7.96. The number of aryl methyl sites for hydroxylation is 1. The fourth-order valence-electron chi connectivity index (χ4n) is 3.60. The molecule has 1 heterocycles. The molecule has 1 aromatic rings. The molecular weight excluding hydrogens is 248 g/mol. The molecular formula is C17H26N2O. The fraction of sp³-hybridized carbons (Fsp3) is 0.647. The highest BCUT2D eigenvalue weighted by Crippen LogP contribution is 2.37. The summed E-state index contributed by atoms with van der Waals surface area (Å²) in [4.78, 5) is 2.74. The minimum absolute atomic E-state index is 0.608. The molecule has 3 rings (SSSR count). The van der Waals surface area contributed by atoms with Crippen LogP contribution in [0.5, 0.6) is 5.75 Å². The molecule has 0 radical (unpaired) electrons. The lowest BCUT2D eigenvalue weighted by Gasteiger charge is -2.45. The first-order valence-corrected chi connectivity index (χ1v) is 7.96. The number of rotatable bonds is 5. The second-order valence-electron chi connectivity index (χ2n) is 6.02. The van der Waals surface area contributed by atoms with Gasteiger partial charge in [0.05, 0.1) is 7.11 Å². The Kier molecular flexibility index (Phi) is 4.27. The number of benzene rings is 1. The molecule has 0 aromatic heterocycles. The second-order valence-corrected chi connectivity index (χ2v) is 6.02. The van der Waals surface area contributed by atoms with E-state index in [2.05, 4.69) is 35.3 Å². The zero-order valence-electron chi connectivity index (χ0n) is 12.7. The molecule has 1 aromatic carbocycles. The summed E-state index contributed by atoms with van der Waals surface area (Å²) in [7, 11) is 1.76. The van der Waals surface area contributed by atoms with Crippen molar-refractivity contribution in [2.45, 2.75) is 44.7 Å². The predicted molar refractivity (Wildman–Crippen MR) is 82.3 cm³/mol. The Balaban J connectivity index is 1.87. The number of hydrogen-bond donors (Lipinski definition) is 1. The van der Waals surface area contributed by atoms with Crippen LogP contribution in [0.15, 0.2) is 18.2 Å². The first kappa shape index (κ1) is 13.9. The summed E-state index contributed by atoms with van der Waals surface area (Å²) in [6.45, 7) is 5.81. The zero-order valence-corrected chi connectivity index (χ0v) is 12.7. The maximum Gasteiger partial charge on any atom is 0.119 e. The van der Waals surface area contributed by atoms with Gasteiger partial charge in [0.15, 0.2) is 0 Å². The van der Waals surface area contributed by atoms with Crippen molar-refractivity contribution in [1.82, 2.24) is 10.2 Å². The summed E-state index contributed by atoms with van der Waals surface area (Å²) >= 11 is 0. The van der Waals surface area contributed by atoms with Crippen LogP contribution in [0.2, 0.25) is 0 Å². The molecule has 0 spiro atoms. The van der Waals surface area contributed by atoms with E-state index in [-0.39, 0.29) is 0 Å². The Bertz CT molecular complexity index is 456. The number of methoxy groups -OCH3 is 1. The molecule has 2 aliphatic rings. The van der Waals surface area contributed by atoms with Crippen LogP contribution in [-0.4, -0.2) is 37.7 Å². The molecule has 0 amide bonds. The number of ether oxygens (including phenoxy) is 1. The van der Waals surface area contributed by atoms with Gasteiger partial charge >= 0.3 is 0 Å². The first-order chi connectivity index (χ1) is 9.83. The standard InChI is InChI=1S/C17H26N2O/c1-3-9-19(14-11-18-12-14)17-6-4-5-13-10-15(20-2)7-8-16(13)17/h7-8,10,14,17-18H,3-6,9,11-12H2,1-2H3. The van der Waals surface area contributed by atoms with Gasteiger partial charge in [-0.25, -0.2) is 0 Å². The van der Waals surface area contributed by atoms with Crippen molar-refractivity contribution in [3.8, 4) is 5.75 Å². The van der Waals surface area contributed by atoms with E-state index in [0.717, 1.165) is 24.9 Å². The Labute approximate surface area is 122 Å². The second kappa shape index (κ2) is 6.15. The van der Waals surface area contributed by atoms with E-state index in [4.69, 9.17) is 4.74 Å². The number of nitrogens with zero attached hydrogens (tertiary/aromatic N) is 1. The van der Waals surface area contributed by atoms with Crippen LogP contribution in [0.4, 0.5) is 0 Å². The molecule has 1 aliphatic heterocycles. The van der Waals surface area contributed by atoms with Gasteiger partial charge in [0.2, 0.25) is 0 Å². The van der Waals surface area contributed by atoms with Crippen molar-refractivity contribution in [1.29, 1.82) is 0 Å². The predicted octanol–water partition coefficient (Wildman–Crippen LogP) is 2.76. The Morgan fingerprint density at radius 2 is 2.20 bits per heavy atom. The number of nitrogens with one attached hydrogen (secondary N) is 1. The lowest BCUT2D eigenvalue weighted by molar-refractivity contribution is 0.0843. The number of hydrogen-bond acceptors (Lipinski definition) is 3. The highest BCUT2D eigenvalue weighted by molar-refractivity contribution is 5.39. The number of fused-ring (bicyclic) bond motifs is 1. The monoisotopic (exact) mass is 274 g/mol. The fourth-order valence-corrected chi connectivity index (χ4v) is 3.60. The van der Waals surface area contributed by atoms with E-state index < -0.39 is 0 Å². The molecule has 1 unspecified atom stereocenters. The van der Waals surface area contributed by atoms with E-state index in [1.54, 1.807) is 7.11 Å². The van der Waals surface area contributed by atoms with Gasteiger partial charge in [-0.2, -0.15) is 0 Å². The lowest BCUT2D eigenvalue weighted by Crippen LogP contribution is -2.58. The summed E-state index contributed by atoms with van der Waals surface area (Å²) in [5, 5.41) is 3.42. The summed E-state index contributed by atoms with van der Waals surface area (Å²) in [5.41, 5.74) is 3.03. The highest BCUT2D eigenvalue weighted by Gasteiger charge is 2.33. The van der Waals surface area contributed by atoms with Crippen LogP contribution in [-0.2, 0) is 6.42 Å². The SMILES string of the molecule is CCCN(C1CNC1)C1CCCc2cc(OC)ccc21. The van der Waals surface area contributed by atoms with Gasteiger partial charge in [0.1, 0.15) is 5.75 Å². The molecule has 1 fully saturated rings. The Morgan fingerprint density at radius 1 is 1.35 bits per heavy atom. The van der Waals surface area contributed by atoms with Crippen molar-refractivity contribution in [3.05, 3.63) is 29.3 Å². The van der Waals surface area contributed by atoms with E-state index in [1.165, 1.54) is 43.4 Å². The molecule has 1 N–H and O–H groups in total. The third-order valence-electron chi connectivity index (χ3n) is 4.74. The summed E-state index contributed by atoms with van der Waals surface area (Å²) in [6, 6.07) is 8.00. The quantitative estimate of drug-likeness (QED) is 0.893. The largest absolute Gasteiger partial charge is 0.497 e. The molecule has 0 bridgehead atoms. The minimum atomic E-state index is 0.608. The average molecular weight is 274 g/mol. The van der Waals surface area contributed by atoms with Crippen LogP contribution in [0, 0.1) is 0 Å². The smallest absolute Gasteiger partial charge is 0.119 e. The van der Waals surface area contributed by atoms with Crippen LogP contribution < -0.4 is 10.1 Å². The van der Waals surface area contributed by atoms with E-state index in [1.807, 2.05) is 0 Å². The molecule has 1 saturated heterocycles. The van der Waals surface area contributed by atoms with Gasteiger partial charge in [0.25, 0.3) is 0 Å². The van der Waals surface area contributed by atoms with Gasteiger partial charge in [-0.15, -0.1) is 0 Å². The molecule has 1 atom stereocenters. The van der Waals surface area contributed by atoms with Crippen LogP contribution in [0.3, 0.4) is 0 Å². The molecule has 3 nitrogen and oxygen atoms in total. The van der Waals surface area contributed by atoms with Gasteiger partial charge < -0.3 is 10.1 Å². The van der Waals surface area contributed by atoms with Gasteiger partial charge in [-0.3, -0.25) is 4.90 Å². The molecule has 20 heavy (non-hydrogen) atoms. The topological polar surface area (TPSA) is 24.5 Å². The molecule has 3 heteroatoms. The highest BCUT2D eigenvalue weighted by atomic mass is 16.5. The van der Waals surface area contributed by atoms with Crippen LogP contribution in [0.1, 0.15) is 43.4 Å². The minimum Gasteiger partial charge on any atom is -0.497 e. The van der Waals surface area contributed by atoms with Crippen molar-refractivity contribution in [3.63, 3.8) is 0 Å². The third kappa shape index (κ3) is 2.57. The van der Waals surface area contributed by atoms with Crippen molar-refractivity contribution in [2.75, 3.05) is 26.7 Å². The van der Waals surface area contributed by atoms with E-state index in [0.29, 0.717) is 6.04 Å². The van der Waals surface area contributed by atoms with Gasteiger partial charge in [-0.1, -0.05) is 13.0 Å². The third-order valence-corrected chi connectivity index (χ3v) is 4.74. The average Bonchev–Trinajstić information content (AvgIpc) is 2.43. The van der Waals surface area contributed by atoms with E-state index in [9.17, 15) is 0 Å². The summed E-state index contributed by atoms with van der Waals surface area (Å²) < 4.78 is 5.38. The van der Waals surface area contributed by atoms with Crippen molar-refractivity contribution < 1.29 is 4.74 Å². The van der Waals surface area contributed by atoms with Gasteiger partial charge in [0, 0.05) is 25.2 Å². The normalized spacial score (nSPS) is 22.4. The summed E-state index contributed by atoms with van der Waals surface area (Å²) in [6.07, 6.45) is 5.03. The Hall–Kier alpha value is -1.06. The van der Waals surface area contributed by atoms with Crippen LogP contribution in [0.25, 0.3) is 0 Å². The lowest BCUT2D eigenvalue weighted by atomic mass is 9.85. The maximum absolute atomic E-state index is 5.38. The Morgan fingerprint density at radius 3 is 2.85 bits per heavy atom. The van der Waals surface area contributed by atoms with Crippen LogP contribution >= 0.6 is 0 Å². The zero-order chi connectivity index (χ0) is 13.9. The maximum atomic E-state index is 5.38. The summed E-state index contributed by atoms with van der Waals surface area (Å²) in [5.74, 6) is 0.997. The van der Waals surface area contributed by atoms with Gasteiger partial charge in [-0.05, 0) is 55.5 Å². The molecule has 0 saturated carbocycles. The van der Waals surface area contributed by atoms with Crippen molar-refractivity contribution >= 4 is 0 Å². The van der Waals surface area contributed by atoms with Crippen molar-refractivity contribution in [2.24, 2.45) is 0 Å².